The molecule has 2 heteroatoms. The first kappa shape index (κ1) is 44.2. The highest BCUT2D eigenvalue weighted by molar-refractivity contribution is 5.53. The molecule has 0 saturated carbocycles. The van der Waals surface area contributed by atoms with Gasteiger partial charge in [-0.15, -0.1) is 0 Å². The third-order valence-electron chi connectivity index (χ3n) is 11.0. The van der Waals surface area contributed by atoms with Crippen molar-refractivity contribution in [2.75, 3.05) is 0 Å². The Morgan fingerprint density at radius 1 is 0.440 bits per heavy atom. The molecule has 1 unspecified atom stereocenters. The lowest BCUT2D eigenvalue weighted by Gasteiger charge is -2.31. The summed E-state index contributed by atoms with van der Waals surface area (Å²) in [5.74, 6) is 1.01. The Hall–Kier alpha value is -1.96. The molecule has 0 fully saturated rings. The molecule has 2 aromatic rings. The zero-order valence-corrected chi connectivity index (χ0v) is 35.5. The van der Waals surface area contributed by atoms with Crippen molar-refractivity contribution in [3.05, 3.63) is 57.6 Å². The number of hydrogen-bond acceptors (Lipinski definition) is 2. The van der Waals surface area contributed by atoms with Gasteiger partial charge >= 0.3 is 0 Å². The minimum absolute atomic E-state index is 0.0282. The molecule has 0 aliphatic heterocycles. The first-order valence-corrected chi connectivity index (χ1v) is 20.9. The molecule has 0 radical (unpaired) electrons. The van der Waals surface area contributed by atoms with Crippen molar-refractivity contribution in [3.8, 4) is 11.5 Å². The number of aromatic hydroxyl groups is 2. The second-order valence-electron chi connectivity index (χ2n) is 20.0. The summed E-state index contributed by atoms with van der Waals surface area (Å²) in [6.45, 7) is 29.1. The molecular weight excluding hydrogens is 609 g/mol. The van der Waals surface area contributed by atoms with Gasteiger partial charge in [-0.05, 0) is 73.8 Å². The van der Waals surface area contributed by atoms with Gasteiger partial charge in [0.1, 0.15) is 11.5 Å². The van der Waals surface area contributed by atoms with Crippen LogP contribution in [0.25, 0.3) is 0 Å². The largest absolute Gasteiger partial charge is 0.507 e. The molecule has 0 heterocycles. The highest BCUT2D eigenvalue weighted by atomic mass is 16.3. The van der Waals surface area contributed by atoms with Crippen molar-refractivity contribution < 1.29 is 10.2 Å². The van der Waals surface area contributed by atoms with Gasteiger partial charge in [0.15, 0.2) is 0 Å². The smallest absolute Gasteiger partial charge is 0.122 e. The Kier molecular flexibility index (Phi) is 17.5. The van der Waals surface area contributed by atoms with E-state index in [1.165, 1.54) is 107 Å². The number of hydrogen-bond donors (Lipinski definition) is 2. The molecule has 0 aliphatic rings. The predicted octanol–water partition coefficient (Wildman–Crippen LogP) is 15.3. The van der Waals surface area contributed by atoms with Gasteiger partial charge in [-0.2, -0.15) is 0 Å². The summed E-state index contributed by atoms with van der Waals surface area (Å²) in [6.07, 6.45) is 23.5. The quantitative estimate of drug-likeness (QED) is 0.136. The fourth-order valence-electron chi connectivity index (χ4n) is 7.40. The van der Waals surface area contributed by atoms with Crippen LogP contribution in [0.2, 0.25) is 0 Å². The summed E-state index contributed by atoms with van der Waals surface area (Å²) in [5, 5.41) is 23.8. The van der Waals surface area contributed by atoms with E-state index in [4.69, 9.17) is 0 Å². The van der Waals surface area contributed by atoms with Crippen LogP contribution in [0.4, 0.5) is 0 Å². The summed E-state index contributed by atoms with van der Waals surface area (Å²) in [5.41, 5.74) is 6.25. The van der Waals surface area contributed by atoms with E-state index in [-0.39, 0.29) is 27.6 Å². The van der Waals surface area contributed by atoms with E-state index in [2.05, 4.69) is 114 Å². The lowest BCUT2D eigenvalue weighted by molar-refractivity contribution is 0.418. The van der Waals surface area contributed by atoms with Crippen LogP contribution in [0.5, 0.6) is 11.5 Å². The van der Waals surface area contributed by atoms with Crippen molar-refractivity contribution in [2.24, 2.45) is 0 Å². The first-order chi connectivity index (χ1) is 23.2. The van der Waals surface area contributed by atoms with Crippen LogP contribution in [-0.4, -0.2) is 10.2 Å². The molecule has 286 valence electrons. The fraction of sp³-hybridized carbons (Fsp3) is 0.750. The van der Waals surface area contributed by atoms with Gasteiger partial charge in [-0.25, -0.2) is 0 Å². The van der Waals surface area contributed by atoms with Gasteiger partial charge in [-0.1, -0.05) is 217 Å². The van der Waals surface area contributed by atoms with Crippen molar-refractivity contribution in [1.82, 2.24) is 0 Å². The molecule has 1 atom stereocenters. The molecule has 0 spiro atoms. The third kappa shape index (κ3) is 14.6. The van der Waals surface area contributed by atoms with Crippen LogP contribution in [0.1, 0.15) is 238 Å². The average molecular weight is 691 g/mol. The Morgan fingerprint density at radius 3 is 1.18 bits per heavy atom. The second kappa shape index (κ2) is 19.8. The Bertz CT molecular complexity index is 1270. The number of phenolic OH excluding ortho intramolecular Hbond substituents is 2. The van der Waals surface area contributed by atoms with Crippen LogP contribution in [0.3, 0.4) is 0 Å². The average Bonchev–Trinajstić information content (AvgIpc) is 2.99. The monoisotopic (exact) mass is 691 g/mol. The molecule has 2 rings (SSSR count). The van der Waals surface area contributed by atoms with E-state index in [0.717, 1.165) is 41.5 Å². The molecule has 0 bridgehead atoms. The van der Waals surface area contributed by atoms with Crippen molar-refractivity contribution >= 4 is 0 Å². The SMILES string of the molecule is CCCCCCCCCCCCCCCCCCC(Cc1cc(C(C)(C)C)cc(C(C)(C)C)c1O)c1cc(C(C)(C)C)cc(C(C)(C)C)c1O. The summed E-state index contributed by atoms with van der Waals surface area (Å²) >= 11 is 0. The highest BCUT2D eigenvalue weighted by Gasteiger charge is 2.30. The normalized spacial score (nSPS) is 13.6. The minimum Gasteiger partial charge on any atom is -0.507 e. The van der Waals surface area contributed by atoms with Gasteiger partial charge in [-0.3, -0.25) is 0 Å². The van der Waals surface area contributed by atoms with E-state index >= 15 is 0 Å². The molecule has 50 heavy (non-hydrogen) atoms. The van der Waals surface area contributed by atoms with Crippen molar-refractivity contribution in [2.45, 2.75) is 233 Å². The molecule has 2 N–H and O–H groups in total. The van der Waals surface area contributed by atoms with E-state index in [1.807, 2.05) is 0 Å². The molecule has 2 aromatic carbocycles. The van der Waals surface area contributed by atoms with E-state index in [1.54, 1.807) is 0 Å². The van der Waals surface area contributed by atoms with E-state index in [9.17, 15) is 10.2 Å². The molecule has 0 saturated heterocycles. The zero-order chi connectivity index (χ0) is 37.8. The van der Waals surface area contributed by atoms with Gasteiger partial charge in [0.25, 0.3) is 0 Å². The number of unbranched alkanes of at least 4 members (excludes halogenated alkanes) is 15. The second-order valence-corrected chi connectivity index (χ2v) is 20.0. The first-order valence-electron chi connectivity index (χ1n) is 20.9. The van der Waals surface area contributed by atoms with Crippen LogP contribution in [0, 0.1) is 0 Å². The zero-order valence-electron chi connectivity index (χ0n) is 35.5. The predicted molar refractivity (Wildman–Crippen MR) is 222 cm³/mol. The molecule has 0 aromatic heterocycles. The standard InChI is InChI=1S/C48H82O2/c1-14-15-16-17-18-19-20-21-22-23-24-25-26-27-28-29-30-36(40-33-39(46(5,6)7)35-42(44(40)50)48(11,12)13)31-37-32-38(45(2,3)4)34-41(43(37)49)47(8,9)10/h32-36,49-50H,14-31H2,1-13H3. The summed E-state index contributed by atoms with van der Waals surface area (Å²) in [7, 11) is 0. The maximum atomic E-state index is 12.0. The molecule has 2 nitrogen and oxygen atoms in total. The third-order valence-corrected chi connectivity index (χ3v) is 11.0. The van der Waals surface area contributed by atoms with E-state index in [0.29, 0.717) is 11.5 Å². The summed E-state index contributed by atoms with van der Waals surface area (Å²) in [6, 6.07) is 9.00. The maximum Gasteiger partial charge on any atom is 0.122 e. The van der Waals surface area contributed by atoms with Crippen molar-refractivity contribution in [1.29, 1.82) is 0 Å². The van der Waals surface area contributed by atoms with E-state index < -0.39 is 0 Å². The van der Waals surface area contributed by atoms with Gasteiger partial charge in [0.2, 0.25) is 0 Å². The van der Waals surface area contributed by atoms with Gasteiger partial charge in [0, 0.05) is 0 Å². The minimum atomic E-state index is -0.174. The number of benzene rings is 2. The topological polar surface area (TPSA) is 40.5 Å². The molecule has 0 amide bonds. The fourth-order valence-corrected chi connectivity index (χ4v) is 7.40. The summed E-state index contributed by atoms with van der Waals surface area (Å²) in [4.78, 5) is 0. The van der Waals surface area contributed by atoms with Crippen LogP contribution < -0.4 is 0 Å². The lowest BCUT2D eigenvalue weighted by Crippen LogP contribution is -2.20. The van der Waals surface area contributed by atoms with Crippen LogP contribution in [-0.2, 0) is 28.1 Å². The highest BCUT2D eigenvalue weighted by Crippen LogP contribution is 2.45. The maximum absolute atomic E-state index is 12.0. The number of rotatable bonds is 20. The molecule has 0 aliphatic carbocycles. The van der Waals surface area contributed by atoms with Gasteiger partial charge in [0.05, 0.1) is 0 Å². The van der Waals surface area contributed by atoms with Crippen LogP contribution in [0.15, 0.2) is 24.3 Å². The van der Waals surface area contributed by atoms with Gasteiger partial charge < -0.3 is 10.2 Å². The Balaban J connectivity index is 2.20. The summed E-state index contributed by atoms with van der Waals surface area (Å²) < 4.78 is 0. The Morgan fingerprint density at radius 2 is 0.800 bits per heavy atom. The van der Waals surface area contributed by atoms with Crippen LogP contribution >= 0.6 is 0 Å². The molecular formula is C48H82O2. The Labute approximate surface area is 311 Å². The van der Waals surface area contributed by atoms with Crippen molar-refractivity contribution in [3.63, 3.8) is 0 Å². The number of phenols is 2. The lowest BCUT2D eigenvalue weighted by atomic mass is 9.74.